The predicted molar refractivity (Wildman–Crippen MR) is 73.9 cm³/mol. The molecule has 0 saturated heterocycles. The topological polar surface area (TPSA) is 63.0 Å². The van der Waals surface area contributed by atoms with Crippen molar-refractivity contribution in [3.63, 3.8) is 0 Å². The third-order valence-corrected chi connectivity index (χ3v) is 2.86. The van der Waals surface area contributed by atoms with Gasteiger partial charge in [0.15, 0.2) is 0 Å². The van der Waals surface area contributed by atoms with E-state index in [1.54, 1.807) is 36.1 Å². The first-order valence-corrected chi connectivity index (χ1v) is 6.71. The highest BCUT2D eigenvalue weighted by Gasteiger charge is 2.17. The van der Waals surface area contributed by atoms with Gasteiger partial charge in [0.25, 0.3) is 0 Å². The molecule has 0 fully saturated rings. The van der Waals surface area contributed by atoms with Crippen LogP contribution in [0.4, 0.5) is 0 Å². The zero-order valence-electron chi connectivity index (χ0n) is 12.3. The van der Waals surface area contributed by atoms with E-state index in [-0.39, 0.29) is 25.0 Å². The normalized spacial score (nSPS) is 10.6. The predicted octanol–water partition coefficient (Wildman–Crippen LogP) is 1.12. The Labute approximate surface area is 119 Å². The molecule has 6 nitrogen and oxygen atoms in total. The van der Waals surface area contributed by atoms with Crippen molar-refractivity contribution in [3.8, 4) is 0 Å². The fourth-order valence-corrected chi connectivity index (χ4v) is 1.71. The minimum absolute atomic E-state index is 0.0625. The molecule has 0 saturated carbocycles. The summed E-state index contributed by atoms with van der Waals surface area (Å²) >= 11 is 0. The highest BCUT2D eigenvalue weighted by Crippen LogP contribution is 2.04. The fraction of sp³-hybridized carbons (Fsp3) is 0.571. The second-order valence-corrected chi connectivity index (χ2v) is 4.44. The molecule has 0 spiro atoms. The summed E-state index contributed by atoms with van der Waals surface area (Å²) in [6.45, 7) is 5.36. The van der Waals surface area contributed by atoms with E-state index in [9.17, 15) is 9.59 Å². The van der Waals surface area contributed by atoms with Gasteiger partial charge in [-0.2, -0.15) is 0 Å². The molecule has 0 radical (unpaired) electrons. The first-order chi connectivity index (χ1) is 9.56. The molecule has 0 N–H and O–H groups in total. The molecule has 20 heavy (non-hydrogen) atoms. The number of carbonyl (C=O) groups is 2. The van der Waals surface area contributed by atoms with Gasteiger partial charge in [-0.25, -0.2) is 0 Å². The minimum Gasteiger partial charge on any atom is -0.467 e. The molecule has 0 aliphatic carbocycles. The van der Waals surface area contributed by atoms with Gasteiger partial charge in [0, 0.05) is 7.05 Å². The molecule has 1 heterocycles. The van der Waals surface area contributed by atoms with E-state index >= 15 is 0 Å². The maximum atomic E-state index is 12.1. The van der Waals surface area contributed by atoms with Crippen molar-refractivity contribution in [2.45, 2.75) is 20.4 Å². The lowest BCUT2D eigenvalue weighted by Gasteiger charge is -2.22. The zero-order valence-corrected chi connectivity index (χ0v) is 12.3. The van der Waals surface area contributed by atoms with Crippen LogP contribution in [0.25, 0.3) is 0 Å². The monoisotopic (exact) mass is 282 g/mol. The highest BCUT2D eigenvalue weighted by atomic mass is 16.5. The van der Waals surface area contributed by atoms with Crippen LogP contribution in [0.15, 0.2) is 22.8 Å². The lowest BCUT2D eigenvalue weighted by molar-refractivity contribution is -0.145. The van der Waals surface area contributed by atoms with Crippen molar-refractivity contribution in [2.75, 3.05) is 33.3 Å². The molecular weight excluding hydrogens is 260 g/mol. The van der Waals surface area contributed by atoms with Crippen LogP contribution in [-0.4, -0.2) is 55.0 Å². The molecule has 112 valence electrons. The van der Waals surface area contributed by atoms with Gasteiger partial charge in [-0.15, -0.1) is 0 Å². The Kier molecular flexibility index (Phi) is 6.79. The van der Waals surface area contributed by atoms with E-state index in [0.29, 0.717) is 19.7 Å². The molecule has 0 aliphatic heterocycles. The Morgan fingerprint density at radius 1 is 1.30 bits per heavy atom. The summed E-state index contributed by atoms with van der Waals surface area (Å²) in [7, 11) is 1.71. The SMILES string of the molecule is CCOC(=O)CN(CC)CC(=O)N(C)Cc1ccco1. The standard InChI is InChI=1S/C14H22N2O4/c1-4-16(11-14(18)19-5-2)10-13(17)15(3)9-12-7-6-8-20-12/h6-8H,4-5,9-11H2,1-3H3. The lowest BCUT2D eigenvalue weighted by atomic mass is 10.3. The number of furan rings is 1. The Bertz CT molecular complexity index is 417. The summed E-state index contributed by atoms with van der Waals surface area (Å²) in [4.78, 5) is 26.8. The number of ether oxygens (including phenoxy) is 1. The molecule has 1 aromatic rings. The lowest BCUT2D eigenvalue weighted by Crippen LogP contribution is -2.40. The van der Waals surface area contributed by atoms with Crippen molar-refractivity contribution in [1.29, 1.82) is 0 Å². The number of carbonyl (C=O) groups excluding carboxylic acids is 2. The van der Waals surface area contributed by atoms with Gasteiger partial charge in [0.2, 0.25) is 5.91 Å². The van der Waals surface area contributed by atoms with Crippen LogP contribution in [0.5, 0.6) is 0 Å². The van der Waals surface area contributed by atoms with E-state index < -0.39 is 0 Å². The van der Waals surface area contributed by atoms with E-state index in [0.717, 1.165) is 5.76 Å². The van der Waals surface area contributed by atoms with Crippen LogP contribution in [-0.2, 0) is 20.9 Å². The number of hydrogen-bond acceptors (Lipinski definition) is 5. The number of likely N-dealkylation sites (N-methyl/N-ethyl adjacent to an activating group) is 2. The Hall–Kier alpha value is -1.82. The summed E-state index contributed by atoms with van der Waals surface area (Å²) in [5.41, 5.74) is 0. The van der Waals surface area contributed by atoms with E-state index in [2.05, 4.69) is 0 Å². The van der Waals surface area contributed by atoms with Gasteiger partial charge < -0.3 is 14.1 Å². The first kappa shape index (κ1) is 16.2. The number of rotatable bonds is 8. The molecule has 0 unspecified atom stereocenters. The second-order valence-electron chi connectivity index (χ2n) is 4.44. The molecule has 0 bridgehead atoms. The molecule has 0 atom stereocenters. The average molecular weight is 282 g/mol. The van der Waals surface area contributed by atoms with Crippen LogP contribution >= 0.6 is 0 Å². The van der Waals surface area contributed by atoms with Gasteiger partial charge in [-0.05, 0) is 25.6 Å². The second kappa shape index (κ2) is 8.37. The molecule has 0 aliphatic rings. The van der Waals surface area contributed by atoms with Crippen LogP contribution in [0, 0.1) is 0 Å². The van der Waals surface area contributed by atoms with E-state index in [1.165, 1.54) is 0 Å². The largest absolute Gasteiger partial charge is 0.467 e. The van der Waals surface area contributed by atoms with Crippen molar-refractivity contribution in [2.24, 2.45) is 0 Å². The van der Waals surface area contributed by atoms with Crippen molar-refractivity contribution in [1.82, 2.24) is 9.80 Å². The van der Waals surface area contributed by atoms with Gasteiger partial charge in [0.1, 0.15) is 5.76 Å². The van der Waals surface area contributed by atoms with E-state index in [1.807, 2.05) is 13.0 Å². The molecule has 0 aromatic carbocycles. The van der Waals surface area contributed by atoms with Crippen LogP contribution in [0.2, 0.25) is 0 Å². The fourth-order valence-electron chi connectivity index (χ4n) is 1.71. The average Bonchev–Trinajstić information content (AvgIpc) is 2.90. The smallest absolute Gasteiger partial charge is 0.320 e. The molecule has 1 rings (SSSR count). The summed E-state index contributed by atoms with van der Waals surface area (Å²) < 4.78 is 10.1. The van der Waals surface area contributed by atoms with Crippen LogP contribution < -0.4 is 0 Å². The summed E-state index contributed by atoms with van der Waals surface area (Å²) in [6.07, 6.45) is 1.58. The minimum atomic E-state index is -0.309. The number of nitrogens with zero attached hydrogens (tertiary/aromatic N) is 2. The highest BCUT2D eigenvalue weighted by molar-refractivity contribution is 5.79. The summed E-state index contributed by atoms with van der Waals surface area (Å²) in [5.74, 6) is 0.359. The first-order valence-electron chi connectivity index (χ1n) is 6.71. The molecular formula is C14H22N2O4. The van der Waals surface area contributed by atoms with Gasteiger partial charge in [-0.3, -0.25) is 14.5 Å². The third-order valence-electron chi connectivity index (χ3n) is 2.86. The maximum Gasteiger partial charge on any atom is 0.320 e. The summed E-state index contributed by atoms with van der Waals surface area (Å²) in [5, 5.41) is 0. The van der Waals surface area contributed by atoms with Gasteiger partial charge in [0.05, 0.1) is 32.5 Å². The Balaban J connectivity index is 2.43. The van der Waals surface area contributed by atoms with Crippen molar-refractivity contribution in [3.05, 3.63) is 24.2 Å². The molecule has 1 aromatic heterocycles. The summed E-state index contributed by atoms with van der Waals surface area (Å²) in [6, 6.07) is 3.60. The Morgan fingerprint density at radius 2 is 2.05 bits per heavy atom. The maximum absolute atomic E-state index is 12.1. The van der Waals surface area contributed by atoms with Crippen LogP contribution in [0.3, 0.4) is 0 Å². The van der Waals surface area contributed by atoms with Gasteiger partial charge in [-0.1, -0.05) is 6.92 Å². The zero-order chi connectivity index (χ0) is 15.0. The quantitative estimate of drug-likeness (QED) is 0.669. The van der Waals surface area contributed by atoms with E-state index in [4.69, 9.17) is 9.15 Å². The number of hydrogen-bond donors (Lipinski definition) is 0. The molecule has 6 heteroatoms. The Morgan fingerprint density at radius 3 is 2.60 bits per heavy atom. The van der Waals surface area contributed by atoms with Crippen molar-refractivity contribution >= 4 is 11.9 Å². The van der Waals surface area contributed by atoms with Gasteiger partial charge >= 0.3 is 5.97 Å². The number of esters is 1. The van der Waals surface area contributed by atoms with Crippen molar-refractivity contribution < 1.29 is 18.7 Å². The molecule has 1 amide bonds. The third kappa shape index (κ3) is 5.44. The van der Waals surface area contributed by atoms with Crippen LogP contribution in [0.1, 0.15) is 19.6 Å². The number of amides is 1.